The van der Waals surface area contributed by atoms with Crippen LogP contribution in [0.3, 0.4) is 0 Å². The van der Waals surface area contributed by atoms with Crippen molar-refractivity contribution >= 4 is 5.97 Å². The first-order valence-electron chi connectivity index (χ1n) is 3.90. The van der Waals surface area contributed by atoms with E-state index in [1.807, 2.05) is 30.3 Å². The molecule has 0 radical (unpaired) electrons. The van der Waals surface area contributed by atoms with Gasteiger partial charge in [0.05, 0.1) is 6.07 Å². The summed E-state index contributed by atoms with van der Waals surface area (Å²) in [6.07, 6.45) is 0.271. The number of carboxylic acids is 1. The fraction of sp³-hybridized carbons (Fsp3) is 0.200. The van der Waals surface area contributed by atoms with Crippen LogP contribution < -0.4 is 0 Å². The molecule has 1 N–H and O–H groups in total. The summed E-state index contributed by atoms with van der Waals surface area (Å²) >= 11 is 0. The third-order valence-electron chi connectivity index (χ3n) is 1.74. The average Bonchev–Trinajstić information content (AvgIpc) is 2.15. The second kappa shape index (κ2) is 4.27. The fourth-order valence-electron chi connectivity index (χ4n) is 1.04. The summed E-state index contributed by atoms with van der Waals surface area (Å²) in [5, 5.41) is 17.1. The summed E-state index contributed by atoms with van der Waals surface area (Å²) < 4.78 is 0. The number of carbonyl (C=O) groups is 1. The zero-order chi connectivity index (χ0) is 9.68. The molecule has 13 heavy (non-hydrogen) atoms. The Morgan fingerprint density at radius 1 is 1.46 bits per heavy atom. The van der Waals surface area contributed by atoms with Gasteiger partial charge in [0.2, 0.25) is 0 Å². The summed E-state index contributed by atoms with van der Waals surface area (Å²) in [6, 6.07) is 10.9. The summed E-state index contributed by atoms with van der Waals surface area (Å²) in [6.45, 7) is 0. The maximum Gasteiger partial charge on any atom is 0.321 e. The molecule has 0 bridgehead atoms. The van der Waals surface area contributed by atoms with Gasteiger partial charge in [0.25, 0.3) is 0 Å². The van der Waals surface area contributed by atoms with Gasteiger partial charge < -0.3 is 5.11 Å². The topological polar surface area (TPSA) is 61.1 Å². The second-order valence-corrected chi connectivity index (χ2v) is 2.71. The third-order valence-corrected chi connectivity index (χ3v) is 1.74. The number of aliphatic carboxylic acids is 1. The van der Waals surface area contributed by atoms with Gasteiger partial charge in [0, 0.05) is 0 Å². The fourth-order valence-corrected chi connectivity index (χ4v) is 1.04. The number of hydrogen-bond donors (Lipinski definition) is 1. The lowest BCUT2D eigenvalue weighted by molar-refractivity contribution is -0.139. The maximum atomic E-state index is 10.5. The Morgan fingerprint density at radius 3 is 2.54 bits per heavy atom. The van der Waals surface area contributed by atoms with Crippen molar-refractivity contribution < 1.29 is 9.90 Å². The number of carboxylic acid groups (broad SMARTS) is 1. The molecule has 0 aliphatic heterocycles. The number of rotatable bonds is 3. The minimum absolute atomic E-state index is 0.271. The van der Waals surface area contributed by atoms with Crippen molar-refractivity contribution in [1.82, 2.24) is 0 Å². The normalized spacial score (nSPS) is 11.6. The Kier molecular flexibility index (Phi) is 3.04. The van der Waals surface area contributed by atoms with E-state index in [0.717, 1.165) is 5.56 Å². The highest BCUT2D eigenvalue weighted by Gasteiger charge is 2.16. The molecular weight excluding hydrogens is 166 g/mol. The van der Waals surface area contributed by atoms with Crippen LogP contribution in [0.4, 0.5) is 0 Å². The van der Waals surface area contributed by atoms with Gasteiger partial charge in [0.15, 0.2) is 0 Å². The monoisotopic (exact) mass is 175 g/mol. The molecule has 1 aromatic rings. The molecule has 3 heteroatoms. The van der Waals surface area contributed by atoms with E-state index < -0.39 is 11.9 Å². The van der Waals surface area contributed by atoms with Crippen LogP contribution in [0.1, 0.15) is 5.56 Å². The predicted molar refractivity (Wildman–Crippen MR) is 46.9 cm³/mol. The number of nitriles is 1. The van der Waals surface area contributed by atoms with Crippen molar-refractivity contribution in [2.24, 2.45) is 5.92 Å². The van der Waals surface area contributed by atoms with E-state index in [2.05, 4.69) is 0 Å². The van der Waals surface area contributed by atoms with E-state index in [1.165, 1.54) is 0 Å². The van der Waals surface area contributed by atoms with Crippen molar-refractivity contribution in [1.29, 1.82) is 5.26 Å². The van der Waals surface area contributed by atoms with Crippen LogP contribution in [0.15, 0.2) is 30.3 Å². The largest absolute Gasteiger partial charge is 0.480 e. The quantitative estimate of drug-likeness (QED) is 0.756. The predicted octanol–water partition coefficient (Wildman–Crippen LogP) is 1.45. The summed E-state index contributed by atoms with van der Waals surface area (Å²) in [4.78, 5) is 10.5. The van der Waals surface area contributed by atoms with E-state index in [-0.39, 0.29) is 6.42 Å². The minimum atomic E-state index is -1.06. The van der Waals surface area contributed by atoms with Crippen LogP contribution in [0.5, 0.6) is 0 Å². The van der Waals surface area contributed by atoms with Crippen molar-refractivity contribution in [2.45, 2.75) is 6.42 Å². The third kappa shape index (κ3) is 2.60. The molecular formula is C10H9NO2. The van der Waals surface area contributed by atoms with Crippen LogP contribution in [0, 0.1) is 17.2 Å². The molecule has 1 atom stereocenters. The molecule has 0 aromatic heterocycles. The van der Waals surface area contributed by atoms with E-state index in [1.54, 1.807) is 6.07 Å². The molecule has 0 aliphatic rings. The van der Waals surface area contributed by atoms with Crippen LogP contribution in [-0.2, 0) is 11.2 Å². The second-order valence-electron chi connectivity index (χ2n) is 2.71. The minimum Gasteiger partial charge on any atom is -0.480 e. The molecule has 0 heterocycles. The molecule has 0 unspecified atom stereocenters. The van der Waals surface area contributed by atoms with Gasteiger partial charge in [-0.25, -0.2) is 0 Å². The molecule has 0 fully saturated rings. The summed E-state index contributed by atoms with van der Waals surface area (Å²) in [5.74, 6) is -2.01. The van der Waals surface area contributed by atoms with Gasteiger partial charge >= 0.3 is 5.97 Å². The van der Waals surface area contributed by atoms with Crippen LogP contribution in [0.25, 0.3) is 0 Å². The van der Waals surface area contributed by atoms with Gasteiger partial charge in [-0.05, 0) is 12.0 Å². The maximum absolute atomic E-state index is 10.5. The highest BCUT2D eigenvalue weighted by molar-refractivity contribution is 5.73. The zero-order valence-corrected chi connectivity index (χ0v) is 6.97. The van der Waals surface area contributed by atoms with Gasteiger partial charge in [-0.15, -0.1) is 0 Å². The first-order chi connectivity index (χ1) is 6.24. The zero-order valence-electron chi connectivity index (χ0n) is 6.97. The highest BCUT2D eigenvalue weighted by Crippen LogP contribution is 2.07. The SMILES string of the molecule is N#C[C@@H](Cc1ccccc1)C(=O)O. The lowest BCUT2D eigenvalue weighted by atomic mass is 10.0. The van der Waals surface area contributed by atoms with Gasteiger partial charge in [-0.3, -0.25) is 4.79 Å². The van der Waals surface area contributed by atoms with E-state index in [9.17, 15) is 4.79 Å². The van der Waals surface area contributed by atoms with Gasteiger partial charge in [0.1, 0.15) is 5.92 Å². The molecule has 0 saturated heterocycles. The molecule has 1 rings (SSSR count). The Hall–Kier alpha value is -1.82. The molecule has 0 spiro atoms. The van der Waals surface area contributed by atoms with Crippen LogP contribution in [0.2, 0.25) is 0 Å². The molecule has 0 amide bonds. The Labute approximate surface area is 76.2 Å². The van der Waals surface area contributed by atoms with Crippen molar-refractivity contribution in [2.75, 3.05) is 0 Å². The first kappa shape index (κ1) is 9.27. The standard InChI is InChI=1S/C10H9NO2/c11-7-9(10(12)13)6-8-4-2-1-3-5-8/h1-5,9H,6H2,(H,12,13)/t9-/m1/s1. The Bertz CT molecular complexity index is 327. The first-order valence-corrected chi connectivity index (χ1v) is 3.90. The lowest BCUT2D eigenvalue weighted by Crippen LogP contribution is -2.13. The summed E-state index contributed by atoms with van der Waals surface area (Å²) in [5.41, 5.74) is 0.872. The molecule has 66 valence electrons. The number of nitrogens with zero attached hydrogens (tertiary/aromatic N) is 1. The van der Waals surface area contributed by atoms with Crippen molar-refractivity contribution in [3.8, 4) is 6.07 Å². The van der Waals surface area contributed by atoms with Gasteiger partial charge in [-0.1, -0.05) is 30.3 Å². The highest BCUT2D eigenvalue weighted by atomic mass is 16.4. The van der Waals surface area contributed by atoms with Crippen molar-refractivity contribution in [3.05, 3.63) is 35.9 Å². The van der Waals surface area contributed by atoms with E-state index in [0.29, 0.717) is 0 Å². The molecule has 0 saturated carbocycles. The number of benzene rings is 1. The Morgan fingerprint density at radius 2 is 2.08 bits per heavy atom. The summed E-state index contributed by atoms with van der Waals surface area (Å²) in [7, 11) is 0. The average molecular weight is 175 g/mol. The van der Waals surface area contributed by atoms with Crippen LogP contribution in [-0.4, -0.2) is 11.1 Å². The molecule has 3 nitrogen and oxygen atoms in total. The smallest absolute Gasteiger partial charge is 0.321 e. The molecule has 1 aromatic carbocycles. The Balaban J connectivity index is 2.69. The molecule has 0 aliphatic carbocycles. The lowest BCUT2D eigenvalue weighted by Gasteiger charge is -2.02. The van der Waals surface area contributed by atoms with E-state index >= 15 is 0 Å². The van der Waals surface area contributed by atoms with Crippen LogP contribution >= 0.6 is 0 Å². The van der Waals surface area contributed by atoms with E-state index in [4.69, 9.17) is 10.4 Å². The van der Waals surface area contributed by atoms with Crippen molar-refractivity contribution in [3.63, 3.8) is 0 Å². The van der Waals surface area contributed by atoms with Gasteiger partial charge in [-0.2, -0.15) is 5.26 Å². The number of hydrogen-bond acceptors (Lipinski definition) is 2.